The summed E-state index contributed by atoms with van der Waals surface area (Å²) in [5.41, 5.74) is 0.0463. The maximum Gasteiger partial charge on any atom is 0.169 e. The normalized spacial score (nSPS) is 29.8. The van der Waals surface area contributed by atoms with Gasteiger partial charge in [-0.25, -0.2) is 4.68 Å². The average molecular weight is 245 g/mol. The van der Waals surface area contributed by atoms with E-state index >= 15 is 0 Å². The van der Waals surface area contributed by atoms with Crippen molar-refractivity contribution >= 4 is 11.6 Å². The maximum absolute atomic E-state index is 6.04. The molecule has 0 amide bonds. The van der Waals surface area contributed by atoms with Crippen LogP contribution < -0.4 is 0 Å². The highest BCUT2D eigenvalue weighted by Gasteiger charge is 2.51. The molecule has 1 aliphatic carbocycles. The largest absolute Gasteiger partial charge is 0.381 e. The topological polar surface area (TPSA) is 52.8 Å². The van der Waals surface area contributed by atoms with Gasteiger partial charge in [-0.1, -0.05) is 13.8 Å². The van der Waals surface area contributed by atoms with Crippen LogP contribution in [-0.4, -0.2) is 33.4 Å². The average Bonchev–Trinajstić information content (AvgIpc) is 2.65. The van der Waals surface area contributed by atoms with Gasteiger partial charge >= 0.3 is 0 Å². The maximum atomic E-state index is 6.04. The predicted octanol–water partition coefficient (Wildman–Crippen LogP) is 1.96. The molecule has 1 fully saturated rings. The van der Waals surface area contributed by atoms with Gasteiger partial charge in [-0.15, -0.1) is 16.7 Å². The molecule has 16 heavy (non-hydrogen) atoms. The van der Waals surface area contributed by atoms with Gasteiger partial charge in [0.15, 0.2) is 5.82 Å². The second kappa shape index (κ2) is 3.96. The lowest BCUT2D eigenvalue weighted by Crippen LogP contribution is -2.51. The number of alkyl halides is 1. The molecule has 1 aromatic rings. The number of nitrogens with zero attached hydrogens (tertiary/aromatic N) is 4. The Morgan fingerprint density at radius 1 is 1.56 bits per heavy atom. The van der Waals surface area contributed by atoms with E-state index in [4.69, 9.17) is 16.3 Å². The predicted molar refractivity (Wildman–Crippen MR) is 60.3 cm³/mol. The second-order valence-corrected chi connectivity index (χ2v) is 5.55. The van der Waals surface area contributed by atoms with E-state index in [1.807, 2.05) is 11.6 Å². The first-order valence-corrected chi connectivity index (χ1v) is 5.86. The van der Waals surface area contributed by atoms with E-state index < -0.39 is 0 Å². The molecule has 1 aromatic heterocycles. The molecule has 0 aromatic carbocycles. The molecule has 0 radical (unpaired) electrons. The van der Waals surface area contributed by atoms with Crippen LogP contribution in [0.1, 0.15) is 44.4 Å². The van der Waals surface area contributed by atoms with Crippen LogP contribution in [0.25, 0.3) is 0 Å². The standard InChI is InChI=1S/C10H17ClN4O/c1-6(11)9-12-13-14-15(9)7-5-8(16-4)10(7,2)3/h6-8H,5H2,1-4H3. The third-order valence-electron chi connectivity index (χ3n) is 3.58. The molecule has 1 saturated carbocycles. The van der Waals surface area contributed by atoms with Gasteiger partial charge in [-0.05, 0) is 23.8 Å². The summed E-state index contributed by atoms with van der Waals surface area (Å²) in [6, 6.07) is 0.267. The van der Waals surface area contributed by atoms with Gasteiger partial charge in [0.05, 0.1) is 17.5 Å². The summed E-state index contributed by atoms with van der Waals surface area (Å²) in [5, 5.41) is 11.5. The Bertz CT molecular complexity index is 377. The van der Waals surface area contributed by atoms with Gasteiger partial charge in [0, 0.05) is 12.5 Å². The molecule has 3 atom stereocenters. The zero-order valence-electron chi connectivity index (χ0n) is 10.0. The van der Waals surface area contributed by atoms with E-state index in [9.17, 15) is 0 Å². The molecule has 0 bridgehead atoms. The van der Waals surface area contributed by atoms with Gasteiger partial charge in [0.2, 0.25) is 0 Å². The summed E-state index contributed by atoms with van der Waals surface area (Å²) in [6.45, 7) is 6.21. The van der Waals surface area contributed by atoms with Gasteiger partial charge < -0.3 is 4.74 Å². The molecule has 0 N–H and O–H groups in total. The zero-order valence-corrected chi connectivity index (χ0v) is 10.8. The monoisotopic (exact) mass is 244 g/mol. The fraction of sp³-hybridized carbons (Fsp3) is 0.900. The van der Waals surface area contributed by atoms with Crippen molar-refractivity contribution in [2.45, 2.75) is 44.7 Å². The third-order valence-corrected chi connectivity index (χ3v) is 3.77. The van der Waals surface area contributed by atoms with E-state index in [0.29, 0.717) is 0 Å². The Hall–Kier alpha value is -0.680. The van der Waals surface area contributed by atoms with Crippen molar-refractivity contribution < 1.29 is 4.74 Å². The lowest BCUT2D eigenvalue weighted by Gasteiger charge is -2.50. The molecule has 3 unspecified atom stereocenters. The van der Waals surface area contributed by atoms with Gasteiger partial charge in [0.25, 0.3) is 0 Å². The number of aromatic nitrogens is 4. The van der Waals surface area contributed by atoms with Crippen molar-refractivity contribution in [3.63, 3.8) is 0 Å². The highest BCUT2D eigenvalue weighted by molar-refractivity contribution is 6.20. The number of rotatable bonds is 3. The lowest BCUT2D eigenvalue weighted by atomic mass is 9.64. The minimum absolute atomic E-state index is 0.0463. The summed E-state index contributed by atoms with van der Waals surface area (Å²) in [4.78, 5) is 0. The Morgan fingerprint density at radius 2 is 2.25 bits per heavy atom. The number of tetrazole rings is 1. The molecule has 90 valence electrons. The molecule has 0 saturated heterocycles. The minimum atomic E-state index is -0.174. The van der Waals surface area contributed by atoms with Crippen molar-refractivity contribution in [2.75, 3.05) is 7.11 Å². The van der Waals surface area contributed by atoms with Crippen LogP contribution in [0.3, 0.4) is 0 Å². The summed E-state index contributed by atoms with van der Waals surface area (Å²) < 4.78 is 7.26. The molecule has 6 heteroatoms. The molecule has 1 heterocycles. The SMILES string of the molecule is COC1CC(n2nnnc2C(C)Cl)C1(C)C. The zero-order chi connectivity index (χ0) is 11.9. The number of ether oxygens (including phenoxy) is 1. The van der Waals surface area contributed by atoms with Gasteiger partial charge in [0.1, 0.15) is 0 Å². The Labute approximate surface area is 100 Å². The van der Waals surface area contributed by atoms with Crippen LogP contribution in [0.2, 0.25) is 0 Å². The van der Waals surface area contributed by atoms with Crippen molar-refractivity contribution in [2.24, 2.45) is 5.41 Å². The number of methoxy groups -OCH3 is 1. The molecular weight excluding hydrogens is 228 g/mol. The second-order valence-electron chi connectivity index (χ2n) is 4.89. The molecule has 0 aliphatic heterocycles. The summed E-state index contributed by atoms with van der Waals surface area (Å²) in [6.07, 6.45) is 1.20. The number of halogens is 1. The summed E-state index contributed by atoms with van der Waals surface area (Å²) >= 11 is 6.04. The van der Waals surface area contributed by atoms with Crippen LogP contribution >= 0.6 is 11.6 Å². The van der Waals surface area contributed by atoms with Gasteiger partial charge in [-0.2, -0.15) is 0 Å². The Balaban J connectivity index is 2.24. The number of hydrogen-bond donors (Lipinski definition) is 0. The molecule has 1 aliphatic rings. The fourth-order valence-corrected chi connectivity index (χ4v) is 2.51. The smallest absolute Gasteiger partial charge is 0.169 e. The first-order chi connectivity index (χ1) is 7.48. The molecule has 5 nitrogen and oxygen atoms in total. The van der Waals surface area contributed by atoms with Crippen LogP contribution in [0.5, 0.6) is 0 Å². The molecule has 0 spiro atoms. The molecule has 2 rings (SSSR count). The van der Waals surface area contributed by atoms with E-state index in [1.54, 1.807) is 7.11 Å². The van der Waals surface area contributed by atoms with Crippen LogP contribution in [0.15, 0.2) is 0 Å². The van der Waals surface area contributed by atoms with Crippen LogP contribution in [-0.2, 0) is 4.74 Å². The van der Waals surface area contributed by atoms with Crippen LogP contribution in [0, 0.1) is 5.41 Å². The third kappa shape index (κ3) is 1.62. The first-order valence-electron chi connectivity index (χ1n) is 5.43. The Kier molecular flexibility index (Phi) is 2.92. The van der Waals surface area contributed by atoms with Crippen molar-refractivity contribution in [1.82, 2.24) is 20.2 Å². The molecular formula is C10H17ClN4O. The van der Waals surface area contributed by atoms with Gasteiger partial charge in [-0.3, -0.25) is 0 Å². The lowest BCUT2D eigenvalue weighted by molar-refractivity contribution is -0.117. The van der Waals surface area contributed by atoms with E-state index in [0.717, 1.165) is 12.2 Å². The van der Waals surface area contributed by atoms with E-state index in [2.05, 4.69) is 29.4 Å². The van der Waals surface area contributed by atoms with E-state index in [-0.39, 0.29) is 22.9 Å². The first kappa shape index (κ1) is 11.8. The van der Waals surface area contributed by atoms with E-state index in [1.165, 1.54) is 0 Å². The highest BCUT2D eigenvalue weighted by Crippen LogP contribution is 2.51. The van der Waals surface area contributed by atoms with Crippen LogP contribution in [0.4, 0.5) is 0 Å². The summed E-state index contributed by atoms with van der Waals surface area (Å²) in [5.74, 6) is 0.731. The quantitative estimate of drug-likeness (QED) is 0.763. The minimum Gasteiger partial charge on any atom is -0.381 e. The summed E-state index contributed by atoms with van der Waals surface area (Å²) in [7, 11) is 1.74. The fourth-order valence-electron chi connectivity index (χ4n) is 2.36. The highest BCUT2D eigenvalue weighted by atomic mass is 35.5. The Morgan fingerprint density at radius 3 is 2.75 bits per heavy atom. The van der Waals surface area contributed by atoms with Crippen molar-refractivity contribution in [3.05, 3.63) is 5.82 Å². The van der Waals surface area contributed by atoms with Crippen molar-refractivity contribution in [3.8, 4) is 0 Å². The van der Waals surface area contributed by atoms with Crippen molar-refractivity contribution in [1.29, 1.82) is 0 Å². The number of hydrogen-bond acceptors (Lipinski definition) is 4.